The number of carbonyl (C=O) groups excluding carboxylic acids is 1. The Morgan fingerprint density at radius 1 is 1.16 bits per heavy atom. The summed E-state index contributed by atoms with van der Waals surface area (Å²) < 4.78 is 1.66. The molecule has 0 atom stereocenters. The zero-order valence-electron chi connectivity index (χ0n) is 18.2. The Labute approximate surface area is 200 Å². The van der Waals surface area contributed by atoms with Gasteiger partial charge in [0.05, 0.1) is 16.8 Å². The number of aromatic nitrogens is 2. The summed E-state index contributed by atoms with van der Waals surface area (Å²) in [6.45, 7) is 3.59. The van der Waals surface area contributed by atoms with E-state index < -0.39 is 0 Å². The number of rotatable bonds is 4. The van der Waals surface area contributed by atoms with Crippen molar-refractivity contribution in [3.8, 4) is 5.69 Å². The van der Waals surface area contributed by atoms with Crippen LogP contribution in [0.3, 0.4) is 0 Å². The molecule has 3 heterocycles. The number of fused-ring (bicyclic) bond motifs is 3. The van der Waals surface area contributed by atoms with E-state index >= 15 is 0 Å². The van der Waals surface area contributed by atoms with Gasteiger partial charge in [-0.25, -0.2) is 4.98 Å². The molecule has 8 heteroatoms. The number of piperidine rings is 1. The summed E-state index contributed by atoms with van der Waals surface area (Å²) in [5.41, 5.74) is 2.77. The summed E-state index contributed by atoms with van der Waals surface area (Å²) in [5, 5.41) is 1.92. The molecule has 168 valence electrons. The average molecular weight is 488 g/mol. The second-order valence-corrected chi connectivity index (χ2v) is 11.0. The maximum Gasteiger partial charge on any atom is 0.267 e. The van der Waals surface area contributed by atoms with Crippen molar-refractivity contribution in [3.05, 3.63) is 49.6 Å². The fraction of sp³-hybridized carbons (Fsp3) is 0.458. The van der Waals surface area contributed by atoms with E-state index in [0.717, 1.165) is 67.4 Å². The number of benzene rings is 1. The Hall–Kier alpha value is -1.83. The lowest BCUT2D eigenvalue weighted by atomic mass is 9.97. The zero-order valence-corrected chi connectivity index (χ0v) is 20.5. The minimum absolute atomic E-state index is 0.0535. The van der Waals surface area contributed by atoms with Crippen LogP contribution in [0.4, 0.5) is 0 Å². The summed E-state index contributed by atoms with van der Waals surface area (Å²) >= 11 is 9.40. The number of thiophene rings is 1. The summed E-state index contributed by atoms with van der Waals surface area (Å²) in [5.74, 6) is 0.394. The zero-order chi connectivity index (χ0) is 22.2. The lowest BCUT2D eigenvalue weighted by molar-refractivity contribution is -0.129. The molecule has 0 saturated carbocycles. The summed E-state index contributed by atoms with van der Waals surface area (Å²) in [7, 11) is 0. The Morgan fingerprint density at radius 3 is 2.72 bits per heavy atom. The van der Waals surface area contributed by atoms with Crippen molar-refractivity contribution in [2.45, 2.75) is 57.0 Å². The van der Waals surface area contributed by atoms with Gasteiger partial charge in [0, 0.05) is 23.0 Å². The van der Waals surface area contributed by atoms with Crippen LogP contribution in [0.2, 0.25) is 5.02 Å². The Balaban J connectivity index is 1.59. The fourth-order valence-corrected chi connectivity index (χ4v) is 6.99. The van der Waals surface area contributed by atoms with E-state index in [4.69, 9.17) is 16.6 Å². The van der Waals surface area contributed by atoms with Gasteiger partial charge in [-0.1, -0.05) is 29.4 Å². The van der Waals surface area contributed by atoms with Crippen LogP contribution in [0.5, 0.6) is 0 Å². The molecule has 32 heavy (non-hydrogen) atoms. The number of nitrogens with zero attached hydrogens (tertiary/aromatic N) is 3. The fourth-order valence-electron chi connectivity index (χ4n) is 4.59. The van der Waals surface area contributed by atoms with Gasteiger partial charge in [-0.15, -0.1) is 11.3 Å². The maximum absolute atomic E-state index is 13.8. The van der Waals surface area contributed by atoms with Crippen molar-refractivity contribution in [2.75, 3.05) is 18.8 Å². The molecule has 3 aromatic rings. The quantitative estimate of drug-likeness (QED) is 0.365. The highest BCUT2D eigenvalue weighted by Gasteiger charge is 2.24. The minimum atomic E-state index is -0.0535. The van der Waals surface area contributed by atoms with Crippen molar-refractivity contribution in [3.63, 3.8) is 0 Å². The highest BCUT2D eigenvalue weighted by atomic mass is 35.5. The molecule has 1 fully saturated rings. The Morgan fingerprint density at radius 2 is 1.94 bits per heavy atom. The predicted molar refractivity (Wildman–Crippen MR) is 133 cm³/mol. The number of carbonyl (C=O) groups is 1. The highest BCUT2D eigenvalue weighted by molar-refractivity contribution is 7.99. The number of halogens is 1. The molecule has 5 rings (SSSR count). The molecule has 0 N–H and O–H groups in total. The molecule has 2 aliphatic rings. The van der Waals surface area contributed by atoms with Crippen molar-refractivity contribution in [1.82, 2.24) is 14.5 Å². The second-order valence-electron chi connectivity index (χ2n) is 8.59. The molecule has 2 aromatic heterocycles. The molecular weight excluding hydrogens is 462 g/mol. The first-order valence-corrected chi connectivity index (χ1v) is 13.5. The lowest BCUT2D eigenvalue weighted by Crippen LogP contribution is -2.36. The highest BCUT2D eigenvalue weighted by Crippen LogP contribution is 2.35. The van der Waals surface area contributed by atoms with Crippen LogP contribution in [-0.2, 0) is 17.6 Å². The SMILES string of the molecule is Cc1ccc(-n2c(SCC(=O)N3CCCCC3)nc3sc4c(c3c2=O)CCCC4)cc1Cl. The largest absolute Gasteiger partial charge is 0.342 e. The van der Waals surface area contributed by atoms with Gasteiger partial charge in [-0.3, -0.25) is 14.2 Å². The first-order chi connectivity index (χ1) is 15.5. The molecule has 1 aromatic carbocycles. The third kappa shape index (κ3) is 4.11. The van der Waals surface area contributed by atoms with Gasteiger partial charge in [0.1, 0.15) is 4.83 Å². The number of thioether (sulfide) groups is 1. The van der Waals surface area contributed by atoms with E-state index in [2.05, 4.69) is 0 Å². The van der Waals surface area contributed by atoms with Crippen LogP contribution in [0.25, 0.3) is 15.9 Å². The first kappa shape index (κ1) is 22.0. The van der Waals surface area contributed by atoms with Gasteiger partial charge in [0.15, 0.2) is 5.16 Å². The maximum atomic E-state index is 13.8. The van der Waals surface area contributed by atoms with E-state index in [9.17, 15) is 9.59 Å². The molecule has 1 aliphatic carbocycles. The summed E-state index contributed by atoms with van der Waals surface area (Å²) in [6, 6.07) is 5.65. The van der Waals surface area contributed by atoms with Crippen LogP contribution in [-0.4, -0.2) is 39.2 Å². The second kappa shape index (κ2) is 9.20. The molecule has 0 unspecified atom stereocenters. The van der Waals surface area contributed by atoms with Crippen LogP contribution in [0.15, 0.2) is 28.2 Å². The van der Waals surface area contributed by atoms with E-state index in [-0.39, 0.29) is 17.2 Å². The molecule has 1 amide bonds. The van der Waals surface area contributed by atoms with E-state index in [1.165, 1.54) is 28.6 Å². The number of amides is 1. The predicted octanol–water partition coefficient (Wildman–Crippen LogP) is 5.39. The van der Waals surface area contributed by atoms with Crippen molar-refractivity contribution in [2.24, 2.45) is 0 Å². The Bertz CT molecular complexity index is 1240. The number of aryl methyl sites for hydroxylation is 3. The van der Waals surface area contributed by atoms with Gasteiger partial charge < -0.3 is 4.90 Å². The molecule has 0 spiro atoms. The molecule has 1 aliphatic heterocycles. The van der Waals surface area contributed by atoms with Crippen LogP contribution in [0, 0.1) is 6.92 Å². The van der Waals surface area contributed by atoms with E-state index in [0.29, 0.717) is 15.9 Å². The van der Waals surface area contributed by atoms with Crippen LogP contribution < -0.4 is 5.56 Å². The third-order valence-corrected chi connectivity index (χ3v) is 8.92. The minimum Gasteiger partial charge on any atom is -0.342 e. The monoisotopic (exact) mass is 487 g/mol. The average Bonchev–Trinajstić information content (AvgIpc) is 3.19. The molecule has 5 nitrogen and oxygen atoms in total. The van der Waals surface area contributed by atoms with Crippen molar-refractivity contribution < 1.29 is 4.79 Å². The van der Waals surface area contributed by atoms with E-state index in [1.54, 1.807) is 15.9 Å². The Kier molecular flexibility index (Phi) is 6.32. The van der Waals surface area contributed by atoms with Gasteiger partial charge in [-0.2, -0.15) is 0 Å². The van der Waals surface area contributed by atoms with Gasteiger partial charge in [-0.05, 0) is 75.1 Å². The van der Waals surface area contributed by atoms with Crippen molar-refractivity contribution in [1.29, 1.82) is 0 Å². The van der Waals surface area contributed by atoms with Crippen LogP contribution in [0.1, 0.15) is 48.1 Å². The van der Waals surface area contributed by atoms with Gasteiger partial charge >= 0.3 is 0 Å². The standard InChI is InChI=1S/C24H26ClN3O2S2/c1-15-9-10-16(13-18(15)25)28-23(30)21-17-7-3-4-8-19(17)32-22(21)26-24(28)31-14-20(29)27-11-5-2-6-12-27/h9-10,13H,2-8,11-12,14H2,1H3. The number of likely N-dealkylation sites (tertiary alicyclic amines) is 1. The smallest absolute Gasteiger partial charge is 0.267 e. The normalized spacial score (nSPS) is 16.4. The third-order valence-electron chi connectivity index (χ3n) is 6.41. The molecule has 0 radical (unpaired) electrons. The first-order valence-electron chi connectivity index (χ1n) is 11.3. The van der Waals surface area contributed by atoms with Crippen LogP contribution >= 0.6 is 34.7 Å². The summed E-state index contributed by atoms with van der Waals surface area (Å²) in [4.78, 5) is 35.5. The van der Waals surface area contributed by atoms with Crippen molar-refractivity contribution >= 4 is 50.8 Å². The number of hydrogen-bond donors (Lipinski definition) is 0. The topological polar surface area (TPSA) is 55.2 Å². The van der Waals surface area contributed by atoms with E-state index in [1.807, 2.05) is 30.0 Å². The van der Waals surface area contributed by atoms with Gasteiger partial charge in [0.25, 0.3) is 5.56 Å². The molecular formula is C24H26ClN3O2S2. The summed E-state index contributed by atoms with van der Waals surface area (Å²) in [6.07, 6.45) is 7.53. The number of hydrogen-bond acceptors (Lipinski definition) is 5. The molecule has 0 bridgehead atoms. The van der Waals surface area contributed by atoms with Gasteiger partial charge in [0.2, 0.25) is 5.91 Å². The lowest BCUT2D eigenvalue weighted by Gasteiger charge is -2.26. The molecule has 1 saturated heterocycles.